The minimum Gasteiger partial charge on any atom is -0.507 e. The number of rotatable bonds is 8. The molecule has 0 fully saturated rings. The lowest BCUT2D eigenvalue weighted by Crippen LogP contribution is -2.17. The monoisotopic (exact) mass is 856 g/mol. The molecule has 324 valence electrons. The molecule has 65 heavy (non-hydrogen) atoms. The van der Waals surface area contributed by atoms with E-state index >= 15 is 0 Å². The highest BCUT2D eigenvalue weighted by Gasteiger charge is 2.29. The van der Waals surface area contributed by atoms with Gasteiger partial charge >= 0.3 is 0 Å². The fourth-order valence-corrected chi connectivity index (χ4v) is 8.99. The predicted octanol–water partition coefficient (Wildman–Crippen LogP) is 16.5. The molecule has 0 spiro atoms. The molecule has 2 aromatic heterocycles. The zero-order valence-electron chi connectivity index (χ0n) is 45.0. The summed E-state index contributed by atoms with van der Waals surface area (Å²) in [6.07, 6.45) is 1.86. The summed E-state index contributed by atoms with van der Waals surface area (Å²) < 4.78 is 55.3. The SMILES string of the molecule is [2H]c1c([2H])c([2H])c(-c2cc(-c3ncc(C)c(-c4ccccc4)c3C)cc(-c3cccc4c3nc(-c3cc(C(C)(C)C)cc(C(C)(C)C)c3O)n4-c3ccc(C([2H])(C)C)cc3-c3ccccc3)c2)c([2H])c1[2H]. The Hall–Kier alpha value is -7.04. The van der Waals surface area contributed by atoms with Crippen LogP contribution in [0.25, 0.3) is 83.9 Å². The van der Waals surface area contributed by atoms with Crippen molar-refractivity contribution in [2.75, 3.05) is 0 Å². The maximum Gasteiger partial charge on any atom is 0.149 e. The number of benzene rings is 7. The Labute approximate surface area is 393 Å². The summed E-state index contributed by atoms with van der Waals surface area (Å²) in [6, 6.07) is 40.4. The molecule has 4 nitrogen and oxygen atoms in total. The van der Waals surface area contributed by atoms with Crippen LogP contribution in [0, 0.1) is 13.8 Å². The third kappa shape index (κ3) is 8.19. The number of fused-ring (bicyclic) bond motifs is 1. The van der Waals surface area contributed by atoms with Gasteiger partial charge in [-0.3, -0.25) is 9.55 Å². The predicted molar refractivity (Wildman–Crippen MR) is 274 cm³/mol. The molecule has 0 amide bonds. The number of phenolic OH excluding ortho intramolecular Hbond substituents is 1. The summed E-state index contributed by atoms with van der Waals surface area (Å²) in [6.45, 7) is 20.6. The van der Waals surface area contributed by atoms with Crippen molar-refractivity contribution >= 4 is 11.0 Å². The lowest BCUT2D eigenvalue weighted by atomic mass is 9.79. The summed E-state index contributed by atoms with van der Waals surface area (Å²) in [7, 11) is 0. The number of hydrogen-bond donors (Lipinski definition) is 1. The van der Waals surface area contributed by atoms with Gasteiger partial charge in [0.2, 0.25) is 0 Å². The zero-order chi connectivity index (χ0) is 51.1. The third-order valence-corrected chi connectivity index (χ3v) is 12.5. The molecule has 0 aliphatic carbocycles. The molecule has 0 radical (unpaired) electrons. The lowest BCUT2D eigenvalue weighted by Gasteiger charge is -2.27. The Morgan fingerprint density at radius 2 is 1.28 bits per heavy atom. The normalized spacial score (nSPS) is 13.5. The van der Waals surface area contributed by atoms with Crippen molar-refractivity contribution in [2.45, 2.75) is 86.0 Å². The van der Waals surface area contributed by atoms with Crippen LogP contribution in [0.5, 0.6) is 5.75 Å². The summed E-state index contributed by atoms with van der Waals surface area (Å²) in [5.41, 5.74) is 13.8. The highest BCUT2D eigenvalue weighted by Crippen LogP contribution is 2.46. The van der Waals surface area contributed by atoms with Gasteiger partial charge in [0, 0.05) is 29.8 Å². The van der Waals surface area contributed by atoms with E-state index in [1.54, 1.807) is 0 Å². The second kappa shape index (κ2) is 16.8. The molecule has 0 saturated heterocycles. The van der Waals surface area contributed by atoms with E-state index < -0.39 is 29.4 Å². The molecule has 0 atom stereocenters. The third-order valence-electron chi connectivity index (χ3n) is 12.5. The molecule has 0 bridgehead atoms. The molecule has 1 N–H and O–H groups in total. The van der Waals surface area contributed by atoms with E-state index in [0.717, 1.165) is 66.8 Å². The van der Waals surface area contributed by atoms with Crippen molar-refractivity contribution in [3.63, 3.8) is 0 Å². The number of nitrogens with zero attached hydrogens (tertiary/aromatic N) is 3. The van der Waals surface area contributed by atoms with Crippen LogP contribution in [-0.4, -0.2) is 19.6 Å². The van der Waals surface area contributed by atoms with Gasteiger partial charge in [-0.25, -0.2) is 4.98 Å². The summed E-state index contributed by atoms with van der Waals surface area (Å²) in [5.74, 6) is -0.248. The Balaban J connectivity index is 1.42. The smallest absolute Gasteiger partial charge is 0.149 e. The van der Waals surface area contributed by atoms with Crippen molar-refractivity contribution in [3.8, 4) is 78.6 Å². The minimum atomic E-state index is -0.897. The number of aryl methyl sites for hydroxylation is 1. The van der Waals surface area contributed by atoms with Crippen LogP contribution in [0.3, 0.4) is 0 Å². The van der Waals surface area contributed by atoms with Gasteiger partial charge in [0.15, 0.2) is 0 Å². The largest absolute Gasteiger partial charge is 0.507 e. The zero-order valence-corrected chi connectivity index (χ0v) is 39.0. The fourth-order valence-electron chi connectivity index (χ4n) is 8.99. The quantitative estimate of drug-likeness (QED) is 0.166. The number of phenols is 1. The number of imidazole rings is 1. The molecule has 0 saturated carbocycles. The van der Waals surface area contributed by atoms with Gasteiger partial charge in [-0.05, 0) is 129 Å². The van der Waals surface area contributed by atoms with Gasteiger partial charge in [0.1, 0.15) is 11.6 Å². The van der Waals surface area contributed by atoms with E-state index in [1.165, 1.54) is 0 Å². The topological polar surface area (TPSA) is 50.9 Å². The van der Waals surface area contributed by atoms with Crippen LogP contribution < -0.4 is 0 Å². The van der Waals surface area contributed by atoms with E-state index in [-0.39, 0.29) is 28.8 Å². The molecule has 7 aromatic carbocycles. The molecule has 0 unspecified atom stereocenters. The number of pyridine rings is 1. The van der Waals surface area contributed by atoms with Gasteiger partial charge in [-0.2, -0.15) is 0 Å². The Bertz CT molecular complexity index is 3530. The molecular formula is C61H59N3O. The average molecular weight is 856 g/mol. The van der Waals surface area contributed by atoms with Crippen LogP contribution in [-0.2, 0) is 10.8 Å². The standard InChI is InChI=1S/C61H59N3O/c1-38(2)44-29-30-53(50(34-44)42-23-16-12-17-24-42)64-54-28-20-27-49(57(54)63-59(64)51-35-48(60(5,6)7)36-52(58(51)65)61(8,9)10)46-31-45(41-21-14-11-15-22-41)32-47(33-46)56-40(4)55(39(3)37-62-56)43-25-18-13-19-26-43/h11-38,65H,1-10H3/i11D,14D,15D,21D,22D,38D. The number of hydrogen-bond acceptors (Lipinski definition) is 3. The van der Waals surface area contributed by atoms with Crippen molar-refractivity contribution in [1.29, 1.82) is 0 Å². The van der Waals surface area contributed by atoms with Crippen LogP contribution in [0.1, 0.15) is 97.3 Å². The van der Waals surface area contributed by atoms with Crippen LogP contribution in [0.4, 0.5) is 0 Å². The average Bonchev–Trinajstić information content (AvgIpc) is 3.71. The minimum absolute atomic E-state index is 0.0779. The van der Waals surface area contributed by atoms with Gasteiger partial charge in [-0.15, -0.1) is 0 Å². The maximum atomic E-state index is 12.6. The second-order valence-corrected chi connectivity index (χ2v) is 19.4. The number of aromatic hydroxyl groups is 1. The lowest BCUT2D eigenvalue weighted by molar-refractivity contribution is 0.446. The fraction of sp³-hybridized carbons (Fsp3) is 0.213. The second-order valence-electron chi connectivity index (χ2n) is 19.4. The highest BCUT2D eigenvalue weighted by molar-refractivity contribution is 5.99. The number of para-hydroxylation sites is 1. The van der Waals surface area contributed by atoms with Crippen molar-refractivity contribution in [1.82, 2.24) is 14.5 Å². The number of aromatic nitrogens is 3. The van der Waals surface area contributed by atoms with Gasteiger partial charge in [0.05, 0.1) is 34.8 Å². The first-order chi connectivity index (χ1) is 33.4. The van der Waals surface area contributed by atoms with E-state index in [2.05, 4.69) is 88.6 Å². The molecule has 0 aliphatic heterocycles. The first-order valence-electron chi connectivity index (χ1n) is 25.3. The van der Waals surface area contributed by atoms with Crippen molar-refractivity contribution in [3.05, 3.63) is 192 Å². The maximum absolute atomic E-state index is 12.6. The first kappa shape index (κ1) is 36.3. The summed E-state index contributed by atoms with van der Waals surface area (Å²) >= 11 is 0. The summed E-state index contributed by atoms with van der Waals surface area (Å²) in [5, 5.41) is 12.6. The Kier molecular flexibility index (Phi) is 9.40. The molecule has 4 heteroatoms. The molecular weight excluding hydrogens is 791 g/mol. The first-order valence-corrected chi connectivity index (χ1v) is 22.3. The van der Waals surface area contributed by atoms with Crippen molar-refractivity contribution < 1.29 is 13.3 Å². The van der Waals surface area contributed by atoms with Gasteiger partial charge < -0.3 is 5.11 Å². The molecule has 2 heterocycles. The molecule has 0 aliphatic rings. The van der Waals surface area contributed by atoms with E-state index in [1.807, 2.05) is 119 Å². The van der Waals surface area contributed by atoms with E-state index in [9.17, 15) is 5.11 Å². The Morgan fingerprint density at radius 3 is 1.94 bits per heavy atom. The summed E-state index contributed by atoms with van der Waals surface area (Å²) in [4.78, 5) is 10.6. The van der Waals surface area contributed by atoms with Crippen molar-refractivity contribution in [2.24, 2.45) is 0 Å². The highest BCUT2D eigenvalue weighted by atomic mass is 16.3. The van der Waals surface area contributed by atoms with E-state index in [0.29, 0.717) is 39.3 Å². The Morgan fingerprint density at radius 1 is 0.615 bits per heavy atom. The van der Waals surface area contributed by atoms with Crippen LogP contribution >= 0.6 is 0 Å². The van der Waals surface area contributed by atoms with Gasteiger partial charge in [0.25, 0.3) is 0 Å². The van der Waals surface area contributed by atoms with E-state index in [4.69, 9.17) is 18.2 Å². The molecule has 9 rings (SSSR count). The van der Waals surface area contributed by atoms with Crippen LogP contribution in [0.2, 0.25) is 0 Å². The van der Waals surface area contributed by atoms with Crippen LogP contribution in [0.15, 0.2) is 164 Å². The molecule has 9 aromatic rings. The van der Waals surface area contributed by atoms with Gasteiger partial charge in [-0.1, -0.05) is 171 Å².